The van der Waals surface area contributed by atoms with E-state index in [2.05, 4.69) is 20.9 Å². The van der Waals surface area contributed by atoms with Gasteiger partial charge in [0.05, 0.1) is 30.0 Å². The second-order valence-corrected chi connectivity index (χ2v) is 9.53. The topological polar surface area (TPSA) is 85.0 Å². The van der Waals surface area contributed by atoms with E-state index >= 15 is 0 Å². The van der Waals surface area contributed by atoms with Crippen LogP contribution in [0.5, 0.6) is 5.75 Å². The van der Waals surface area contributed by atoms with Gasteiger partial charge in [-0.15, -0.1) is 0 Å². The first-order valence-corrected chi connectivity index (χ1v) is 12.2. The van der Waals surface area contributed by atoms with Crippen LogP contribution in [0.4, 0.5) is 15.8 Å². The lowest BCUT2D eigenvalue weighted by molar-refractivity contribution is 0.0708. The van der Waals surface area contributed by atoms with Crippen molar-refractivity contribution in [2.75, 3.05) is 50.2 Å². The van der Waals surface area contributed by atoms with Crippen LogP contribution in [-0.2, 0) is 11.3 Å². The van der Waals surface area contributed by atoms with Gasteiger partial charge in [-0.3, -0.25) is 4.79 Å². The molecule has 0 bridgehead atoms. The molecule has 3 N–H and O–H groups in total. The van der Waals surface area contributed by atoms with E-state index in [9.17, 15) is 9.18 Å². The van der Waals surface area contributed by atoms with Crippen LogP contribution in [0, 0.1) is 5.82 Å². The lowest BCUT2D eigenvalue weighted by Crippen LogP contribution is -2.45. The number of fused-ring (bicyclic) bond motifs is 1. The zero-order valence-electron chi connectivity index (χ0n) is 19.8. The highest BCUT2D eigenvalue weighted by atomic mass is 19.1. The number of aromatic nitrogens is 1. The van der Waals surface area contributed by atoms with Crippen molar-refractivity contribution in [1.29, 1.82) is 0 Å². The molecule has 1 fully saturated rings. The Hall–Kier alpha value is -3.30. The Morgan fingerprint density at radius 2 is 2.14 bits per heavy atom. The van der Waals surface area contributed by atoms with Crippen LogP contribution in [-0.4, -0.2) is 61.4 Å². The van der Waals surface area contributed by atoms with Gasteiger partial charge >= 0.3 is 0 Å². The summed E-state index contributed by atoms with van der Waals surface area (Å²) < 4.78 is 27.6. The number of ether oxygens (including phenoxy) is 2. The Kier molecular flexibility index (Phi) is 5.53. The van der Waals surface area contributed by atoms with Crippen molar-refractivity contribution in [3.63, 3.8) is 0 Å². The SMILES string of the molecule is COCCn1c(C2Nc3cc(C(=O)N4CCCC(N)C4)cc4c3N2CCO4)cc2ccc(F)cc21. The molecule has 3 aliphatic heterocycles. The zero-order chi connectivity index (χ0) is 24.1. The molecule has 2 atom stereocenters. The number of benzene rings is 2. The minimum atomic E-state index is -0.266. The molecule has 1 aromatic heterocycles. The summed E-state index contributed by atoms with van der Waals surface area (Å²) in [5, 5.41) is 4.60. The van der Waals surface area contributed by atoms with Gasteiger partial charge in [0.15, 0.2) is 0 Å². The number of methoxy groups -OCH3 is 1. The summed E-state index contributed by atoms with van der Waals surface area (Å²) in [7, 11) is 1.66. The van der Waals surface area contributed by atoms with Crippen LogP contribution in [0.25, 0.3) is 10.9 Å². The molecule has 1 amide bonds. The monoisotopic (exact) mass is 479 g/mol. The number of anilines is 2. The fourth-order valence-corrected chi connectivity index (χ4v) is 5.62. The van der Waals surface area contributed by atoms with Crippen LogP contribution >= 0.6 is 0 Å². The van der Waals surface area contributed by atoms with Gasteiger partial charge < -0.3 is 34.9 Å². The van der Waals surface area contributed by atoms with Gasteiger partial charge in [0.1, 0.15) is 30.0 Å². The number of halogens is 1. The van der Waals surface area contributed by atoms with E-state index in [0.29, 0.717) is 44.2 Å². The summed E-state index contributed by atoms with van der Waals surface area (Å²) in [4.78, 5) is 17.4. The highest BCUT2D eigenvalue weighted by molar-refractivity contribution is 5.99. The third-order valence-electron chi connectivity index (χ3n) is 7.25. The van der Waals surface area contributed by atoms with Crippen molar-refractivity contribution in [3.8, 4) is 5.75 Å². The summed E-state index contributed by atoms with van der Waals surface area (Å²) >= 11 is 0. The van der Waals surface area contributed by atoms with Gasteiger partial charge in [-0.25, -0.2) is 4.39 Å². The van der Waals surface area contributed by atoms with Crippen LogP contribution in [0.15, 0.2) is 36.4 Å². The van der Waals surface area contributed by atoms with Gasteiger partial charge in [-0.1, -0.05) is 0 Å². The third-order valence-corrected chi connectivity index (χ3v) is 7.25. The highest BCUT2D eigenvalue weighted by Gasteiger charge is 2.38. The molecule has 0 spiro atoms. The maximum Gasteiger partial charge on any atom is 0.254 e. The van der Waals surface area contributed by atoms with Crippen LogP contribution in [0.2, 0.25) is 0 Å². The zero-order valence-corrected chi connectivity index (χ0v) is 19.8. The number of hydrogen-bond donors (Lipinski definition) is 2. The number of nitrogens with one attached hydrogen (secondary N) is 1. The maximum atomic E-state index is 14.1. The fraction of sp³-hybridized carbons (Fsp3) is 0.423. The molecule has 0 saturated carbocycles. The summed E-state index contributed by atoms with van der Waals surface area (Å²) in [5.41, 5.74) is 10.4. The smallest absolute Gasteiger partial charge is 0.254 e. The standard InChI is InChI=1S/C26H30FN5O3/c1-34-9-7-31-21-14-18(27)5-4-16(21)12-22(31)25-29-20-11-17(13-23-24(20)32(25)8-10-35-23)26(33)30-6-2-3-19(28)15-30/h4-5,11-14,19,25,29H,2-3,6-10,15,28H2,1H3. The lowest BCUT2D eigenvalue weighted by atomic mass is 10.0. The normalized spacial score (nSPS) is 21.1. The molecule has 1 saturated heterocycles. The third kappa shape index (κ3) is 3.79. The largest absolute Gasteiger partial charge is 0.489 e. The average Bonchev–Trinajstić information content (AvgIpc) is 3.41. The summed E-state index contributed by atoms with van der Waals surface area (Å²) in [6.45, 7) is 3.62. The molecular formula is C26H30FN5O3. The van der Waals surface area contributed by atoms with E-state index in [1.165, 1.54) is 6.07 Å². The van der Waals surface area contributed by atoms with Crippen LogP contribution in [0.3, 0.4) is 0 Å². The number of piperidine rings is 1. The van der Waals surface area contributed by atoms with Gasteiger partial charge in [-0.2, -0.15) is 0 Å². The number of likely N-dealkylation sites (tertiary alicyclic amines) is 1. The highest BCUT2D eigenvalue weighted by Crippen LogP contribution is 2.50. The van der Waals surface area contributed by atoms with E-state index in [4.69, 9.17) is 15.2 Å². The Bertz CT molecular complexity index is 1290. The molecule has 2 unspecified atom stereocenters. The average molecular weight is 480 g/mol. The first-order chi connectivity index (χ1) is 17.0. The molecule has 2 aromatic carbocycles. The second kappa shape index (κ2) is 8.73. The summed E-state index contributed by atoms with van der Waals surface area (Å²) in [5.74, 6) is 0.423. The maximum absolute atomic E-state index is 14.1. The van der Waals surface area contributed by atoms with Gasteiger partial charge in [0.2, 0.25) is 0 Å². The van der Waals surface area contributed by atoms with Crippen LogP contribution in [0.1, 0.15) is 35.1 Å². The van der Waals surface area contributed by atoms with E-state index in [1.807, 2.05) is 23.1 Å². The number of carbonyl (C=O) groups excluding carboxylic acids is 1. The van der Waals surface area contributed by atoms with E-state index in [1.54, 1.807) is 13.2 Å². The van der Waals surface area contributed by atoms with E-state index in [-0.39, 0.29) is 23.9 Å². The molecule has 35 heavy (non-hydrogen) atoms. The minimum absolute atomic E-state index is 0.0187. The van der Waals surface area contributed by atoms with Crippen molar-refractivity contribution >= 4 is 28.2 Å². The summed E-state index contributed by atoms with van der Waals surface area (Å²) in [6, 6.07) is 10.8. The van der Waals surface area contributed by atoms with Crippen molar-refractivity contribution in [1.82, 2.24) is 9.47 Å². The molecule has 184 valence electrons. The van der Waals surface area contributed by atoms with Crippen molar-refractivity contribution in [2.24, 2.45) is 5.73 Å². The molecule has 9 heteroatoms. The first kappa shape index (κ1) is 22.2. The molecular weight excluding hydrogens is 449 g/mol. The Morgan fingerprint density at radius 3 is 2.97 bits per heavy atom. The number of nitrogens with zero attached hydrogens (tertiary/aromatic N) is 3. The second-order valence-electron chi connectivity index (χ2n) is 9.53. The number of carbonyl (C=O) groups is 1. The Labute approximate surface area is 203 Å². The molecule has 0 aliphatic carbocycles. The number of amides is 1. The van der Waals surface area contributed by atoms with Crippen molar-refractivity contribution in [3.05, 3.63) is 53.5 Å². The van der Waals surface area contributed by atoms with Crippen molar-refractivity contribution < 1.29 is 18.7 Å². The molecule has 0 radical (unpaired) electrons. The minimum Gasteiger partial charge on any atom is -0.489 e. The number of nitrogens with two attached hydrogens (primary N) is 1. The molecule has 3 aliphatic rings. The number of rotatable bonds is 5. The molecule has 6 rings (SSSR count). The predicted molar refractivity (Wildman–Crippen MR) is 133 cm³/mol. The van der Waals surface area contributed by atoms with Gasteiger partial charge in [0.25, 0.3) is 5.91 Å². The summed E-state index contributed by atoms with van der Waals surface area (Å²) in [6.07, 6.45) is 1.69. The fourth-order valence-electron chi connectivity index (χ4n) is 5.62. The quantitative estimate of drug-likeness (QED) is 0.584. The molecule has 4 heterocycles. The van der Waals surface area contributed by atoms with E-state index < -0.39 is 0 Å². The number of hydrogen-bond acceptors (Lipinski definition) is 6. The van der Waals surface area contributed by atoms with Gasteiger partial charge in [0, 0.05) is 43.7 Å². The first-order valence-electron chi connectivity index (χ1n) is 12.2. The molecule has 3 aromatic rings. The predicted octanol–water partition coefficient (Wildman–Crippen LogP) is 3.31. The molecule has 8 nitrogen and oxygen atoms in total. The Morgan fingerprint density at radius 1 is 1.26 bits per heavy atom. The lowest BCUT2D eigenvalue weighted by Gasteiger charge is -2.33. The van der Waals surface area contributed by atoms with E-state index in [0.717, 1.165) is 47.4 Å². The van der Waals surface area contributed by atoms with Crippen molar-refractivity contribution in [2.45, 2.75) is 31.6 Å². The van der Waals surface area contributed by atoms with Gasteiger partial charge in [-0.05, 0) is 49.2 Å². The van der Waals surface area contributed by atoms with Crippen LogP contribution < -0.4 is 20.7 Å². The Balaban J connectivity index is 1.38.